The van der Waals surface area contributed by atoms with E-state index in [0.29, 0.717) is 12.8 Å². The molecule has 1 aliphatic carbocycles. The highest BCUT2D eigenvalue weighted by Crippen LogP contribution is 2.37. The predicted octanol–water partition coefficient (Wildman–Crippen LogP) is 2.02. The third-order valence-electron chi connectivity index (χ3n) is 1.81. The van der Waals surface area contributed by atoms with Gasteiger partial charge in [-0.3, -0.25) is 0 Å². The Morgan fingerprint density at radius 3 is 2.27 bits per heavy atom. The molecule has 1 N–H and O–H groups in total. The maximum Gasteiger partial charge on any atom is 0.420 e. The molecule has 0 saturated carbocycles. The Morgan fingerprint density at radius 2 is 2.00 bits per heavy atom. The van der Waals surface area contributed by atoms with E-state index < -0.39 is 11.8 Å². The van der Waals surface area contributed by atoms with Crippen molar-refractivity contribution in [3.63, 3.8) is 0 Å². The summed E-state index contributed by atoms with van der Waals surface area (Å²) in [6, 6.07) is 0. The van der Waals surface area contributed by atoms with Gasteiger partial charge in [0, 0.05) is 0 Å². The normalized spacial score (nSPS) is 32.4. The standard InChI is InChI=1S/C7H9F3O/c8-7(9,10)6(11)4-2-1-3-5-6/h2,4,11H,1,3,5H2. The largest absolute Gasteiger partial charge is 0.420 e. The van der Waals surface area contributed by atoms with Gasteiger partial charge in [-0.15, -0.1) is 0 Å². The first-order chi connectivity index (χ1) is 4.96. The molecule has 0 aromatic heterocycles. The zero-order valence-electron chi connectivity index (χ0n) is 5.86. The van der Waals surface area contributed by atoms with E-state index in [1.165, 1.54) is 6.08 Å². The van der Waals surface area contributed by atoms with E-state index in [2.05, 4.69) is 0 Å². The summed E-state index contributed by atoms with van der Waals surface area (Å²) < 4.78 is 36.1. The first kappa shape index (κ1) is 8.59. The summed E-state index contributed by atoms with van der Waals surface area (Å²) in [5, 5.41) is 9.00. The van der Waals surface area contributed by atoms with Crippen LogP contribution in [0.2, 0.25) is 0 Å². The molecule has 4 heteroatoms. The minimum atomic E-state index is -4.52. The van der Waals surface area contributed by atoms with Crippen molar-refractivity contribution in [3.8, 4) is 0 Å². The van der Waals surface area contributed by atoms with Crippen LogP contribution in [0, 0.1) is 0 Å². The van der Waals surface area contributed by atoms with Crippen LogP contribution in [0.15, 0.2) is 12.2 Å². The molecule has 0 aromatic rings. The lowest BCUT2D eigenvalue weighted by Crippen LogP contribution is -2.44. The lowest BCUT2D eigenvalue weighted by molar-refractivity contribution is -0.243. The first-order valence-electron chi connectivity index (χ1n) is 3.42. The average molecular weight is 166 g/mol. The molecule has 0 aromatic carbocycles. The zero-order valence-corrected chi connectivity index (χ0v) is 5.86. The van der Waals surface area contributed by atoms with Gasteiger partial charge in [0.15, 0.2) is 5.60 Å². The SMILES string of the molecule is OC1(C(F)(F)F)C=CCCC1. The molecule has 0 fully saturated rings. The lowest BCUT2D eigenvalue weighted by atomic mass is 9.91. The quantitative estimate of drug-likeness (QED) is 0.546. The maximum absolute atomic E-state index is 12.0. The van der Waals surface area contributed by atoms with Crippen LogP contribution < -0.4 is 0 Å². The molecule has 11 heavy (non-hydrogen) atoms. The van der Waals surface area contributed by atoms with E-state index >= 15 is 0 Å². The molecule has 0 amide bonds. The second kappa shape index (κ2) is 2.52. The fourth-order valence-electron chi connectivity index (χ4n) is 1.09. The van der Waals surface area contributed by atoms with Crippen molar-refractivity contribution in [2.75, 3.05) is 0 Å². The van der Waals surface area contributed by atoms with Crippen molar-refractivity contribution in [2.24, 2.45) is 0 Å². The summed E-state index contributed by atoms with van der Waals surface area (Å²) in [5.74, 6) is 0. The minimum absolute atomic E-state index is 0.215. The van der Waals surface area contributed by atoms with Crippen LogP contribution in [0.3, 0.4) is 0 Å². The highest BCUT2D eigenvalue weighted by atomic mass is 19.4. The number of rotatable bonds is 0. The number of allylic oxidation sites excluding steroid dienone is 1. The second-order valence-corrected chi connectivity index (χ2v) is 2.72. The molecule has 1 rings (SSSR count). The number of halogens is 3. The highest BCUT2D eigenvalue weighted by molar-refractivity contribution is 5.08. The van der Waals surface area contributed by atoms with Gasteiger partial charge >= 0.3 is 6.18 Å². The van der Waals surface area contributed by atoms with E-state index in [-0.39, 0.29) is 6.42 Å². The van der Waals surface area contributed by atoms with E-state index in [1.54, 1.807) is 0 Å². The molecule has 0 saturated heterocycles. The summed E-state index contributed by atoms with van der Waals surface area (Å²) in [7, 11) is 0. The van der Waals surface area contributed by atoms with Gasteiger partial charge in [0.25, 0.3) is 0 Å². The van der Waals surface area contributed by atoms with Gasteiger partial charge in [0.2, 0.25) is 0 Å². The molecule has 0 bridgehead atoms. The Balaban J connectivity index is 2.80. The van der Waals surface area contributed by atoms with E-state index in [0.717, 1.165) is 6.08 Å². The van der Waals surface area contributed by atoms with Gasteiger partial charge in [-0.1, -0.05) is 6.08 Å². The van der Waals surface area contributed by atoms with Crippen molar-refractivity contribution in [1.29, 1.82) is 0 Å². The summed E-state index contributed by atoms with van der Waals surface area (Å²) in [6.07, 6.45) is -1.50. The molecule has 0 heterocycles. The monoisotopic (exact) mass is 166 g/mol. The third-order valence-corrected chi connectivity index (χ3v) is 1.81. The summed E-state index contributed by atoms with van der Waals surface area (Å²) in [6.45, 7) is 0. The molecule has 1 aliphatic rings. The number of alkyl halides is 3. The fraction of sp³-hybridized carbons (Fsp3) is 0.714. The van der Waals surface area contributed by atoms with Crippen molar-refractivity contribution in [3.05, 3.63) is 12.2 Å². The van der Waals surface area contributed by atoms with Crippen LogP contribution in [0.5, 0.6) is 0 Å². The summed E-state index contributed by atoms with van der Waals surface area (Å²) in [4.78, 5) is 0. The van der Waals surface area contributed by atoms with E-state index in [4.69, 9.17) is 5.11 Å². The van der Waals surface area contributed by atoms with Crippen LogP contribution in [0.4, 0.5) is 13.2 Å². The van der Waals surface area contributed by atoms with Crippen LogP contribution in [0.25, 0.3) is 0 Å². The fourth-order valence-corrected chi connectivity index (χ4v) is 1.09. The van der Waals surface area contributed by atoms with Crippen molar-refractivity contribution >= 4 is 0 Å². The summed E-state index contributed by atoms with van der Waals surface area (Å²) in [5.41, 5.74) is -2.56. The van der Waals surface area contributed by atoms with E-state index in [1.807, 2.05) is 0 Å². The van der Waals surface area contributed by atoms with E-state index in [9.17, 15) is 13.2 Å². The van der Waals surface area contributed by atoms with Crippen molar-refractivity contribution in [1.82, 2.24) is 0 Å². The van der Waals surface area contributed by atoms with Crippen LogP contribution in [0.1, 0.15) is 19.3 Å². The second-order valence-electron chi connectivity index (χ2n) is 2.72. The smallest absolute Gasteiger partial charge is 0.377 e. The molecule has 0 aliphatic heterocycles. The Labute approximate surface area is 62.5 Å². The molecule has 0 spiro atoms. The van der Waals surface area contributed by atoms with Gasteiger partial charge in [0.1, 0.15) is 0 Å². The number of aliphatic hydroxyl groups is 1. The molecular weight excluding hydrogens is 157 g/mol. The minimum Gasteiger partial charge on any atom is -0.377 e. The Morgan fingerprint density at radius 1 is 1.36 bits per heavy atom. The average Bonchev–Trinajstić information content (AvgIpc) is 1.87. The Kier molecular flexibility index (Phi) is 1.96. The highest BCUT2D eigenvalue weighted by Gasteiger charge is 2.51. The van der Waals surface area contributed by atoms with Crippen LogP contribution in [-0.4, -0.2) is 16.9 Å². The first-order valence-corrected chi connectivity index (χ1v) is 3.42. The maximum atomic E-state index is 12.0. The number of hydrogen-bond acceptors (Lipinski definition) is 1. The van der Waals surface area contributed by atoms with Gasteiger partial charge < -0.3 is 5.11 Å². The lowest BCUT2D eigenvalue weighted by Gasteiger charge is -2.29. The topological polar surface area (TPSA) is 20.2 Å². The molecule has 1 unspecified atom stereocenters. The molecule has 1 nitrogen and oxygen atoms in total. The molecule has 0 radical (unpaired) electrons. The molecular formula is C7H9F3O. The van der Waals surface area contributed by atoms with Gasteiger partial charge in [-0.25, -0.2) is 0 Å². The Hall–Kier alpha value is -0.510. The third kappa shape index (κ3) is 1.56. The molecule has 1 atom stereocenters. The summed E-state index contributed by atoms with van der Waals surface area (Å²) >= 11 is 0. The van der Waals surface area contributed by atoms with Crippen LogP contribution >= 0.6 is 0 Å². The van der Waals surface area contributed by atoms with Crippen molar-refractivity contribution < 1.29 is 18.3 Å². The van der Waals surface area contributed by atoms with Crippen molar-refractivity contribution in [2.45, 2.75) is 31.0 Å². The predicted molar refractivity (Wildman–Crippen MR) is 34.0 cm³/mol. The zero-order chi connectivity index (χ0) is 8.54. The number of hydrogen-bond donors (Lipinski definition) is 1. The van der Waals surface area contributed by atoms with Crippen LogP contribution in [-0.2, 0) is 0 Å². The Bertz CT molecular complexity index is 173. The molecule has 64 valence electrons. The van der Waals surface area contributed by atoms with Gasteiger partial charge in [-0.2, -0.15) is 13.2 Å². The van der Waals surface area contributed by atoms with Gasteiger partial charge in [0.05, 0.1) is 0 Å². The van der Waals surface area contributed by atoms with Gasteiger partial charge in [-0.05, 0) is 25.3 Å².